The summed E-state index contributed by atoms with van der Waals surface area (Å²) in [6.07, 6.45) is 4.26. The molecule has 1 aromatic heterocycles. The van der Waals surface area contributed by atoms with Crippen LogP contribution in [0.2, 0.25) is 0 Å². The lowest BCUT2D eigenvalue weighted by molar-refractivity contribution is -0.0592. The van der Waals surface area contributed by atoms with Gasteiger partial charge in [-0.15, -0.1) is 11.3 Å². The Morgan fingerprint density at radius 3 is 2.95 bits per heavy atom. The Hall–Kier alpha value is -0.420. The van der Waals surface area contributed by atoms with Gasteiger partial charge in [0, 0.05) is 41.5 Å². The smallest absolute Gasteiger partial charge is 0.0674 e. The van der Waals surface area contributed by atoms with E-state index in [0.29, 0.717) is 12.1 Å². The molecule has 1 aliphatic heterocycles. The van der Waals surface area contributed by atoms with Crippen molar-refractivity contribution >= 4 is 11.3 Å². The number of thiophene rings is 1. The first-order chi connectivity index (χ1) is 10.2. The molecule has 0 amide bonds. The number of hydrogen-bond acceptors (Lipinski definition) is 4. The molecule has 1 saturated heterocycles. The number of aryl methyl sites for hydroxylation is 1. The zero-order valence-electron chi connectivity index (χ0n) is 13.5. The van der Waals surface area contributed by atoms with Crippen LogP contribution in [-0.2, 0) is 17.8 Å². The van der Waals surface area contributed by atoms with Crippen LogP contribution in [0.1, 0.15) is 48.4 Å². The molecule has 2 atom stereocenters. The van der Waals surface area contributed by atoms with Crippen molar-refractivity contribution in [3.8, 4) is 0 Å². The summed E-state index contributed by atoms with van der Waals surface area (Å²) in [6, 6.07) is 3.79. The van der Waals surface area contributed by atoms with Gasteiger partial charge in [-0.3, -0.25) is 4.90 Å². The fourth-order valence-corrected chi connectivity index (χ4v) is 4.07. The predicted molar refractivity (Wildman–Crippen MR) is 88.8 cm³/mol. The third-order valence-corrected chi connectivity index (χ3v) is 5.73. The molecule has 0 bridgehead atoms. The molecule has 2 unspecified atom stereocenters. The fraction of sp³-hybridized carbons (Fsp3) is 0.765. The lowest BCUT2D eigenvalue weighted by Gasteiger charge is -2.38. The maximum absolute atomic E-state index is 5.81. The molecule has 2 fully saturated rings. The molecule has 1 N–H and O–H groups in total. The second-order valence-corrected chi connectivity index (χ2v) is 7.93. The normalized spacial score (nSPS) is 27.2. The van der Waals surface area contributed by atoms with Crippen LogP contribution in [0.3, 0.4) is 0 Å². The van der Waals surface area contributed by atoms with E-state index in [0.717, 1.165) is 32.3 Å². The van der Waals surface area contributed by atoms with Crippen molar-refractivity contribution in [2.75, 3.05) is 13.2 Å². The molecule has 1 saturated carbocycles. The number of nitrogens with zero attached hydrogens (tertiary/aromatic N) is 1. The van der Waals surface area contributed by atoms with E-state index in [9.17, 15) is 0 Å². The Balaban J connectivity index is 1.62. The average molecular weight is 308 g/mol. The molecule has 0 radical (unpaired) electrons. The number of nitrogens with one attached hydrogen (secondary N) is 1. The monoisotopic (exact) mass is 308 g/mol. The van der Waals surface area contributed by atoms with Gasteiger partial charge in [-0.05, 0) is 44.7 Å². The summed E-state index contributed by atoms with van der Waals surface area (Å²) in [7, 11) is 0. The maximum atomic E-state index is 5.81. The molecule has 1 aliphatic carbocycles. The number of hydrogen-bond donors (Lipinski definition) is 1. The van der Waals surface area contributed by atoms with E-state index in [1.807, 2.05) is 11.3 Å². The highest BCUT2D eigenvalue weighted by Gasteiger charge is 2.26. The molecular formula is C17H28N2OS. The number of rotatable bonds is 6. The van der Waals surface area contributed by atoms with Crippen LogP contribution in [0.5, 0.6) is 0 Å². The Labute approximate surface area is 132 Å². The van der Waals surface area contributed by atoms with Crippen molar-refractivity contribution in [2.24, 2.45) is 0 Å². The Morgan fingerprint density at radius 2 is 2.24 bits per heavy atom. The van der Waals surface area contributed by atoms with E-state index in [-0.39, 0.29) is 0 Å². The highest BCUT2D eigenvalue weighted by Crippen LogP contribution is 2.27. The second kappa shape index (κ2) is 6.78. The van der Waals surface area contributed by atoms with Crippen LogP contribution in [0.4, 0.5) is 0 Å². The van der Waals surface area contributed by atoms with Gasteiger partial charge in [0.2, 0.25) is 0 Å². The van der Waals surface area contributed by atoms with Crippen molar-refractivity contribution in [2.45, 2.75) is 71.3 Å². The zero-order valence-corrected chi connectivity index (χ0v) is 14.3. The van der Waals surface area contributed by atoms with E-state index in [2.05, 4.69) is 37.1 Å². The molecule has 118 valence electrons. The first-order valence-corrected chi connectivity index (χ1v) is 9.14. The molecule has 0 spiro atoms. The standard InChI is InChI=1S/C17H28N2OS/c1-4-16-11-20-12(2)9-19(16)10-14-7-17(21-13(14)3)8-18-15-5-6-15/h7,12,15-16,18H,4-6,8-11H2,1-3H3. The third kappa shape index (κ3) is 4.07. The van der Waals surface area contributed by atoms with Crippen LogP contribution in [-0.4, -0.2) is 36.2 Å². The molecule has 4 heteroatoms. The van der Waals surface area contributed by atoms with E-state index in [1.165, 1.54) is 34.6 Å². The summed E-state index contributed by atoms with van der Waals surface area (Å²) in [5.74, 6) is 0. The highest BCUT2D eigenvalue weighted by atomic mass is 32.1. The van der Waals surface area contributed by atoms with Gasteiger partial charge in [0.15, 0.2) is 0 Å². The van der Waals surface area contributed by atoms with Crippen LogP contribution < -0.4 is 5.32 Å². The van der Waals surface area contributed by atoms with Crippen LogP contribution in [0.25, 0.3) is 0 Å². The summed E-state index contributed by atoms with van der Waals surface area (Å²) in [5, 5.41) is 3.62. The van der Waals surface area contributed by atoms with E-state index in [4.69, 9.17) is 4.74 Å². The van der Waals surface area contributed by atoms with Crippen molar-refractivity contribution in [1.82, 2.24) is 10.2 Å². The first-order valence-electron chi connectivity index (χ1n) is 8.33. The topological polar surface area (TPSA) is 24.5 Å². The summed E-state index contributed by atoms with van der Waals surface area (Å²) in [5.41, 5.74) is 1.51. The average Bonchev–Trinajstić information content (AvgIpc) is 3.22. The largest absolute Gasteiger partial charge is 0.376 e. The SMILES string of the molecule is CCC1COC(C)CN1Cc1cc(CNC2CC2)sc1C. The molecule has 21 heavy (non-hydrogen) atoms. The van der Waals surface area contributed by atoms with Gasteiger partial charge in [0.25, 0.3) is 0 Å². The van der Waals surface area contributed by atoms with Crippen molar-refractivity contribution < 1.29 is 4.74 Å². The van der Waals surface area contributed by atoms with Crippen LogP contribution in [0.15, 0.2) is 6.07 Å². The quantitative estimate of drug-likeness (QED) is 0.872. The lowest BCUT2D eigenvalue weighted by atomic mass is 10.1. The summed E-state index contributed by atoms with van der Waals surface area (Å²) in [4.78, 5) is 5.58. The van der Waals surface area contributed by atoms with Gasteiger partial charge in [-0.25, -0.2) is 0 Å². The Morgan fingerprint density at radius 1 is 1.43 bits per heavy atom. The second-order valence-electron chi connectivity index (χ2n) is 6.58. The first kappa shape index (κ1) is 15.5. The summed E-state index contributed by atoms with van der Waals surface area (Å²) >= 11 is 1.96. The molecular weight excluding hydrogens is 280 g/mol. The van der Waals surface area contributed by atoms with E-state index in [1.54, 1.807) is 0 Å². The zero-order chi connectivity index (χ0) is 14.8. The molecule has 1 aromatic rings. The van der Waals surface area contributed by atoms with Gasteiger partial charge in [-0.1, -0.05) is 6.92 Å². The van der Waals surface area contributed by atoms with Crippen LogP contribution in [0, 0.1) is 6.92 Å². The van der Waals surface area contributed by atoms with Gasteiger partial charge in [0.1, 0.15) is 0 Å². The molecule has 3 nitrogen and oxygen atoms in total. The highest BCUT2D eigenvalue weighted by molar-refractivity contribution is 7.12. The van der Waals surface area contributed by atoms with E-state index >= 15 is 0 Å². The van der Waals surface area contributed by atoms with E-state index < -0.39 is 0 Å². The summed E-state index contributed by atoms with van der Waals surface area (Å²) < 4.78 is 5.81. The lowest BCUT2D eigenvalue weighted by Crippen LogP contribution is -2.47. The van der Waals surface area contributed by atoms with Crippen molar-refractivity contribution in [3.05, 3.63) is 21.4 Å². The van der Waals surface area contributed by atoms with Gasteiger partial charge < -0.3 is 10.1 Å². The number of ether oxygens (including phenoxy) is 1. The molecule has 2 aliphatic rings. The minimum Gasteiger partial charge on any atom is -0.376 e. The summed E-state index contributed by atoms with van der Waals surface area (Å²) in [6.45, 7) is 10.8. The molecule has 3 rings (SSSR count). The third-order valence-electron chi connectivity index (χ3n) is 4.64. The Bertz CT molecular complexity index is 469. The van der Waals surface area contributed by atoms with Crippen molar-refractivity contribution in [1.29, 1.82) is 0 Å². The van der Waals surface area contributed by atoms with Gasteiger partial charge in [-0.2, -0.15) is 0 Å². The van der Waals surface area contributed by atoms with Crippen LogP contribution >= 0.6 is 11.3 Å². The fourth-order valence-electron chi connectivity index (χ4n) is 3.07. The molecule has 0 aromatic carbocycles. The van der Waals surface area contributed by atoms with Crippen molar-refractivity contribution in [3.63, 3.8) is 0 Å². The predicted octanol–water partition coefficient (Wildman–Crippen LogP) is 3.31. The number of morpholine rings is 1. The van der Waals surface area contributed by atoms with Gasteiger partial charge in [0.05, 0.1) is 12.7 Å². The van der Waals surface area contributed by atoms with Gasteiger partial charge >= 0.3 is 0 Å². The maximum Gasteiger partial charge on any atom is 0.0674 e. The minimum atomic E-state index is 0.364. The minimum absolute atomic E-state index is 0.364. The molecule has 2 heterocycles. The Kier molecular flexibility index (Phi) is 4.99.